The fraction of sp³-hybridized carbons (Fsp3) is 0.276. The molecular formula is C29H34ClN5O6. The Kier molecular flexibility index (Phi) is 10.4. The number of nitrogens with two attached hydrogens (primary N) is 1. The number of rotatable bonds is 8. The molecule has 1 amide bonds. The minimum atomic E-state index is -0.0710. The van der Waals surface area contributed by atoms with Crippen LogP contribution in [0.1, 0.15) is 15.9 Å². The molecule has 0 aliphatic carbocycles. The lowest BCUT2D eigenvalue weighted by Crippen LogP contribution is -2.49. The second-order valence-electron chi connectivity index (χ2n) is 9.05. The Balaban J connectivity index is 0.00000231. The summed E-state index contributed by atoms with van der Waals surface area (Å²) >= 11 is 0. The highest BCUT2D eigenvalue weighted by atomic mass is 35.5. The second-order valence-corrected chi connectivity index (χ2v) is 9.05. The van der Waals surface area contributed by atoms with Gasteiger partial charge in [-0.05, 0) is 29.8 Å². The number of carbonyl (C=O) groups is 1. The largest absolute Gasteiger partial charge is 0.493 e. The lowest BCUT2D eigenvalue weighted by atomic mass is 10.1. The predicted octanol–water partition coefficient (Wildman–Crippen LogP) is 3.38. The van der Waals surface area contributed by atoms with Gasteiger partial charge < -0.3 is 40.0 Å². The highest BCUT2D eigenvalue weighted by molar-refractivity contribution is 5.95. The Labute approximate surface area is 244 Å². The molecule has 0 atom stereocenters. The number of amides is 1. The molecular weight excluding hydrogens is 550 g/mol. The second kappa shape index (κ2) is 13.7. The van der Waals surface area contributed by atoms with E-state index in [0.29, 0.717) is 84.0 Å². The fourth-order valence-electron chi connectivity index (χ4n) is 4.56. The van der Waals surface area contributed by atoms with Crippen molar-refractivity contribution >= 4 is 41.0 Å². The minimum absolute atomic E-state index is 0. The van der Waals surface area contributed by atoms with Gasteiger partial charge in [0.2, 0.25) is 5.95 Å². The first kappa shape index (κ1) is 31.1. The van der Waals surface area contributed by atoms with Gasteiger partial charge in [-0.2, -0.15) is 4.98 Å². The number of hydrogen-bond acceptors (Lipinski definition) is 9. The third kappa shape index (κ3) is 6.64. The summed E-state index contributed by atoms with van der Waals surface area (Å²) in [4.78, 5) is 26.4. The molecule has 0 bridgehead atoms. The number of carbonyl (C=O) groups excluding carboxylic acids is 1. The first-order chi connectivity index (χ1) is 19.0. The van der Waals surface area contributed by atoms with Gasteiger partial charge in [-0.3, -0.25) is 4.79 Å². The van der Waals surface area contributed by atoms with Crippen molar-refractivity contribution in [3.05, 3.63) is 71.8 Å². The number of halogens is 1. The van der Waals surface area contributed by atoms with Gasteiger partial charge in [0.25, 0.3) is 5.91 Å². The standard InChI is InChI=1S/C29H31N5O5.ClH.H2O/c1-36-24-15-20(9-10-23(24)39-18-19-7-5-4-6-8-19)28(35)33-11-13-34(14-12-33)29-31-22-17-26(38-3)25(37-2)16-21(22)27(30)32-29;;/h4-10,15-17H,11-14,18H2,1-3H3,(H2,30,31,32);1H;1H2. The summed E-state index contributed by atoms with van der Waals surface area (Å²) in [7, 11) is 4.71. The number of nitrogens with zero attached hydrogens (tertiary/aromatic N) is 4. The van der Waals surface area contributed by atoms with Crippen molar-refractivity contribution in [3.63, 3.8) is 0 Å². The molecule has 1 fully saturated rings. The molecule has 41 heavy (non-hydrogen) atoms. The summed E-state index contributed by atoms with van der Waals surface area (Å²) in [5.41, 5.74) is 8.52. The summed E-state index contributed by atoms with van der Waals surface area (Å²) in [6.45, 7) is 2.58. The maximum atomic E-state index is 13.3. The summed E-state index contributed by atoms with van der Waals surface area (Å²) in [6, 6.07) is 18.7. The van der Waals surface area contributed by atoms with Crippen molar-refractivity contribution < 1.29 is 29.2 Å². The molecule has 1 aliphatic heterocycles. The highest BCUT2D eigenvalue weighted by Gasteiger charge is 2.25. The van der Waals surface area contributed by atoms with Crippen LogP contribution in [0.3, 0.4) is 0 Å². The SMILES string of the molecule is COc1cc2nc(N3CCN(C(=O)c4ccc(OCc5ccccc5)c(OC)c4)CC3)nc(N)c2cc1OC.Cl.O. The van der Waals surface area contributed by atoms with Gasteiger partial charge >= 0.3 is 0 Å². The average molecular weight is 584 g/mol. The maximum Gasteiger partial charge on any atom is 0.254 e. The van der Waals surface area contributed by atoms with Gasteiger partial charge in [0.05, 0.1) is 26.8 Å². The number of ether oxygens (including phenoxy) is 4. The van der Waals surface area contributed by atoms with E-state index in [1.165, 1.54) is 0 Å². The zero-order valence-electron chi connectivity index (χ0n) is 23.1. The number of benzene rings is 3. The van der Waals surface area contributed by atoms with Crippen LogP contribution in [-0.2, 0) is 6.61 Å². The highest BCUT2D eigenvalue weighted by Crippen LogP contribution is 2.34. The number of methoxy groups -OCH3 is 3. The third-order valence-electron chi connectivity index (χ3n) is 6.72. The van der Waals surface area contributed by atoms with E-state index in [1.54, 1.807) is 51.7 Å². The Morgan fingerprint density at radius 2 is 1.46 bits per heavy atom. The molecule has 0 radical (unpaired) electrons. The molecule has 12 heteroatoms. The zero-order chi connectivity index (χ0) is 27.4. The Hall–Kier alpha value is -4.48. The molecule has 1 saturated heterocycles. The average Bonchev–Trinajstić information content (AvgIpc) is 2.99. The summed E-state index contributed by atoms with van der Waals surface area (Å²) in [5.74, 6) is 3.03. The molecule has 5 rings (SSSR count). The molecule has 11 nitrogen and oxygen atoms in total. The Morgan fingerprint density at radius 3 is 2.12 bits per heavy atom. The molecule has 0 saturated carbocycles. The van der Waals surface area contributed by atoms with E-state index in [0.717, 1.165) is 5.56 Å². The van der Waals surface area contributed by atoms with Crippen LogP contribution in [-0.4, -0.2) is 73.8 Å². The minimum Gasteiger partial charge on any atom is -0.493 e. The molecule has 4 aromatic rings. The van der Waals surface area contributed by atoms with E-state index in [1.807, 2.05) is 40.1 Å². The first-order valence-corrected chi connectivity index (χ1v) is 12.6. The molecule has 1 aliphatic rings. The van der Waals surface area contributed by atoms with E-state index >= 15 is 0 Å². The lowest BCUT2D eigenvalue weighted by molar-refractivity contribution is 0.0745. The third-order valence-corrected chi connectivity index (χ3v) is 6.72. The Morgan fingerprint density at radius 1 is 0.829 bits per heavy atom. The normalized spacial score (nSPS) is 12.7. The summed E-state index contributed by atoms with van der Waals surface area (Å²) in [5, 5.41) is 0.690. The first-order valence-electron chi connectivity index (χ1n) is 12.6. The lowest BCUT2D eigenvalue weighted by Gasteiger charge is -2.35. The smallest absolute Gasteiger partial charge is 0.254 e. The van der Waals surface area contributed by atoms with Crippen LogP contribution in [0.2, 0.25) is 0 Å². The number of aromatic nitrogens is 2. The van der Waals surface area contributed by atoms with Crippen LogP contribution in [0.5, 0.6) is 23.0 Å². The molecule has 0 unspecified atom stereocenters. The quantitative estimate of drug-likeness (QED) is 0.330. The van der Waals surface area contributed by atoms with E-state index in [2.05, 4.69) is 4.98 Å². The Bertz CT molecular complexity index is 1480. The number of nitrogen functional groups attached to an aromatic ring is 1. The van der Waals surface area contributed by atoms with E-state index in [4.69, 9.17) is 29.7 Å². The summed E-state index contributed by atoms with van der Waals surface area (Å²) in [6.07, 6.45) is 0. The fourth-order valence-corrected chi connectivity index (χ4v) is 4.56. The van der Waals surface area contributed by atoms with E-state index in [-0.39, 0.29) is 23.8 Å². The monoisotopic (exact) mass is 583 g/mol. The van der Waals surface area contributed by atoms with Crippen molar-refractivity contribution in [2.24, 2.45) is 0 Å². The van der Waals surface area contributed by atoms with Gasteiger partial charge in [0, 0.05) is 43.2 Å². The predicted molar refractivity (Wildman–Crippen MR) is 160 cm³/mol. The van der Waals surface area contributed by atoms with Crippen LogP contribution in [0.15, 0.2) is 60.7 Å². The van der Waals surface area contributed by atoms with Gasteiger partial charge in [0.1, 0.15) is 12.4 Å². The topological polar surface area (TPSA) is 144 Å². The van der Waals surface area contributed by atoms with E-state index in [9.17, 15) is 4.79 Å². The van der Waals surface area contributed by atoms with Crippen LogP contribution in [0.4, 0.5) is 11.8 Å². The van der Waals surface area contributed by atoms with Gasteiger partial charge in [-0.1, -0.05) is 30.3 Å². The number of fused-ring (bicyclic) bond motifs is 1. The summed E-state index contributed by atoms with van der Waals surface area (Å²) < 4.78 is 22.2. The molecule has 2 heterocycles. The number of piperazine rings is 1. The van der Waals surface area contributed by atoms with Crippen molar-refractivity contribution in [2.45, 2.75) is 6.61 Å². The van der Waals surface area contributed by atoms with Gasteiger partial charge in [0.15, 0.2) is 23.0 Å². The van der Waals surface area contributed by atoms with Crippen molar-refractivity contribution in [1.29, 1.82) is 0 Å². The van der Waals surface area contributed by atoms with Crippen molar-refractivity contribution in [3.8, 4) is 23.0 Å². The maximum absolute atomic E-state index is 13.3. The van der Waals surface area contributed by atoms with E-state index < -0.39 is 0 Å². The molecule has 1 aromatic heterocycles. The van der Waals surface area contributed by atoms with Gasteiger partial charge in [-0.25, -0.2) is 4.98 Å². The van der Waals surface area contributed by atoms with Crippen LogP contribution in [0, 0.1) is 0 Å². The molecule has 218 valence electrons. The molecule has 0 spiro atoms. The number of anilines is 2. The van der Waals surface area contributed by atoms with Crippen LogP contribution >= 0.6 is 12.4 Å². The number of hydrogen-bond donors (Lipinski definition) is 1. The van der Waals surface area contributed by atoms with Crippen LogP contribution < -0.4 is 29.6 Å². The van der Waals surface area contributed by atoms with Crippen molar-refractivity contribution in [1.82, 2.24) is 14.9 Å². The van der Waals surface area contributed by atoms with Crippen molar-refractivity contribution in [2.75, 3.05) is 58.1 Å². The van der Waals surface area contributed by atoms with Gasteiger partial charge in [-0.15, -0.1) is 12.4 Å². The molecule has 4 N–H and O–H groups in total. The zero-order valence-corrected chi connectivity index (χ0v) is 23.9. The van der Waals surface area contributed by atoms with Crippen LogP contribution in [0.25, 0.3) is 10.9 Å². The molecule has 3 aromatic carbocycles.